The van der Waals surface area contributed by atoms with Crippen LogP contribution in [0, 0.1) is 6.92 Å². The predicted molar refractivity (Wildman–Crippen MR) is 84.4 cm³/mol. The summed E-state index contributed by atoms with van der Waals surface area (Å²) in [5.41, 5.74) is 8.50. The van der Waals surface area contributed by atoms with Gasteiger partial charge < -0.3 is 10.8 Å². The van der Waals surface area contributed by atoms with Crippen molar-refractivity contribution in [3.8, 4) is 0 Å². The van der Waals surface area contributed by atoms with E-state index in [4.69, 9.17) is 28.9 Å². The molecule has 0 aliphatic carbocycles. The summed E-state index contributed by atoms with van der Waals surface area (Å²) in [6.45, 7) is 2.31. The van der Waals surface area contributed by atoms with Gasteiger partial charge in [-0.05, 0) is 30.2 Å². The van der Waals surface area contributed by atoms with E-state index in [1.807, 2.05) is 31.2 Å². The second kappa shape index (κ2) is 6.59. The van der Waals surface area contributed by atoms with Crippen LogP contribution in [-0.4, -0.2) is 11.7 Å². The molecule has 0 saturated carbocycles. The van der Waals surface area contributed by atoms with Gasteiger partial charge in [0.1, 0.15) is 0 Å². The van der Waals surface area contributed by atoms with Crippen molar-refractivity contribution in [3.63, 3.8) is 0 Å². The molecule has 0 heterocycles. The van der Waals surface area contributed by atoms with E-state index in [2.05, 4.69) is 0 Å². The molecule has 0 amide bonds. The fourth-order valence-electron chi connectivity index (χ4n) is 2.42. The van der Waals surface area contributed by atoms with Gasteiger partial charge in [0.25, 0.3) is 0 Å². The van der Waals surface area contributed by atoms with Gasteiger partial charge in [0, 0.05) is 28.1 Å². The number of aliphatic hydroxyl groups is 1. The van der Waals surface area contributed by atoms with Gasteiger partial charge in [-0.1, -0.05) is 53.5 Å². The second-order valence-corrected chi connectivity index (χ2v) is 5.59. The molecule has 106 valence electrons. The second-order valence-electron chi connectivity index (χ2n) is 4.78. The maximum absolute atomic E-state index is 10.7. The summed E-state index contributed by atoms with van der Waals surface area (Å²) in [5.74, 6) is -0.242. The minimum Gasteiger partial charge on any atom is -0.388 e. The first-order valence-electron chi connectivity index (χ1n) is 6.43. The number of hydrogen-bond acceptors (Lipinski definition) is 2. The van der Waals surface area contributed by atoms with Crippen molar-refractivity contribution in [3.05, 3.63) is 69.2 Å². The smallest absolute Gasteiger partial charge is 0.0899 e. The van der Waals surface area contributed by atoms with E-state index in [0.717, 1.165) is 11.1 Å². The molecule has 2 unspecified atom stereocenters. The summed E-state index contributed by atoms with van der Waals surface area (Å²) in [6, 6.07) is 13.1. The molecule has 0 saturated heterocycles. The Hall–Kier alpha value is -1.06. The van der Waals surface area contributed by atoms with Crippen LogP contribution in [0.25, 0.3) is 0 Å². The Bertz CT molecular complexity index is 581. The molecule has 2 atom stereocenters. The van der Waals surface area contributed by atoms with Crippen LogP contribution in [0.4, 0.5) is 0 Å². The van der Waals surface area contributed by atoms with Crippen molar-refractivity contribution in [2.24, 2.45) is 5.73 Å². The molecule has 0 spiro atoms. The van der Waals surface area contributed by atoms with E-state index >= 15 is 0 Å². The zero-order valence-electron chi connectivity index (χ0n) is 11.2. The third-order valence-corrected chi connectivity index (χ3v) is 4.18. The van der Waals surface area contributed by atoms with Crippen LogP contribution in [0.5, 0.6) is 0 Å². The largest absolute Gasteiger partial charge is 0.388 e. The Morgan fingerprint density at radius 2 is 1.65 bits per heavy atom. The van der Waals surface area contributed by atoms with Gasteiger partial charge in [-0.3, -0.25) is 0 Å². The SMILES string of the molecule is Cc1ccccc1C(CN)C(O)c1c(Cl)cccc1Cl. The van der Waals surface area contributed by atoms with Crippen LogP contribution in [0.3, 0.4) is 0 Å². The minimum atomic E-state index is -0.831. The van der Waals surface area contributed by atoms with Gasteiger partial charge in [-0.25, -0.2) is 0 Å². The normalized spacial score (nSPS) is 14.1. The first kappa shape index (κ1) is 15.3. The fraction of sp³-hybridized carbons (Fsp3) is 0.250. The minimum absolute atomic E-state index is 0.242. The molecule has 3 N–H and O–H groups in total. The van der Waals surface area contributed by atoms with E-state index in [9.17, 15) is 5.11 Å². The highest BCUT2D eigenvalue weighted by molar-refractivity contribution is 6.36. The average Bonchev–Trinajstić information content (AvgIpc) is 2.41. The van der Waals surface area contributed by atoms with Crippen LogP contribution >= 0.6 is 23.2 Å². The van der Waals surface area contributed by atoms with Crippen LogP contribution in [0.15, 0.2) is 42.5 Å². The summed E-state index contributed by atoms with van der Waals surface area (Å²) in [6.07, 6.45) is -0.831. The average molecular weight is 310 g/mol. The lowest BCUT2D eigenvalue weighted by Crippen LogP contribution is -2.21. The molecule has 0 bridgehead atoms. The number of halogens is 2. The van der Waals surface area contributed by atoms with Gasteiger partial charge in [0.15, 0.2) is 0 Å². The van der Waals surface area contributed by atoms with E-state index in [-0.39, 0.29) is 5.92 Å². The van der Waals surface area contributed by atoms with Crippen molar-refractivity contribution >= 4 is 23.2 Å². The first-order valence-corrected chi connectivity index (χ1v) is 7.19. The Morgan fingerprint density at radius 3 is 2.20 bits per heavy atom. The zero-order valence-corrected chi connectivity index (χ0v) is 12.7. The molecule has 2 nitrogen and oxygen atoms in total. The fourth-order valence-corrected chi connectivity index (χ4v) is 3.04. The molecule has 0 fully saturated rings. The molecule has 0 aliphatic heterocycles. The van der Waals surface area contributed by atoms with Crippen LogP contribution < -0.4 is 5.73 Å². The lowest BCUT2D eigenvalue weighted by atomic mass is 9.87. The Kier molecular flexibility index (Phi) is 5.06. The monoisotopic (exact) mass is 309 g/mol. The summed E-state index contributed by atoms with van der Waals surface area (Å²) in [5, 5.41) is 11.6. The van der Waals surface area contributed by atoms with E-state index in [1.165, 1.54) is 0 Å². The zero-order chi connectivity index (χ0) is 14.7. The van der Waals surface area contributed by atoms with Crippen molar-refractivity contribution in [1.82, 2.24) is 0 Å². The van der Waals surface area contributed by atoms with Crippen LogP contribution in [-0.2, 0) is 0 Å². The summed E-state index contributed by atoms with van der Waals surface area (Å²) >= 11 is 12.3. The van der Waals surface area contributed by atoms with Crippen molar-refractivity contribution in [2.45, 2.75) is 18.9 Å². The third kappa shape index (κ3) is 2.99. The molecule has 2 aromatic carbocycles. The predicted octanol–water partition coefficient (Wildman–Crippen LogP) is 4.08. The Morgan fingerprint density at radius 1 is 1.05 bits per heavy atom. The third-order valence-electron chi connectivity index (χ3n) is 3.52. The van der Waals surface area contributed by atoms with Crippen molar-refractivity contribution in [2.75, 3.05) is 6.54 Å². The van der Waals surface area contributed by atoms with Crippen molar-refractivity contribution in [1.29, 1.82) is 0 Å². The lowest BCUT2D eigenvalue weighted by Gasteiger charge is -2.25. The first-order chi connectivity index (χ1) is 9.56. The highest BCUT2D eigenvalue weighted by Gasteiger charge is 2.26. The molecule has 20 heavy (non-hydrogen) atoms. The van der Waals surface area contributed by atoms with E-state index in [0.29, 0.717) is 22.2 Å². The molecule has 0 aliphatic rings. The van der Waals surface area contributed by atoms with Crippen LogP contribution in [0.1, 0.15) is 28.7 Å². The highest BCUT2D eigenvalue weighted by atomic mass is 35.5. The number of benzene rings is 2. The molecule has 2 rings (SSSR count). The quantitative estimate of drug-likeness (QED) is 0.894. The van der Waals surface area contributed by atoms with Gasteiger partial charge in [0.2, 0.25) is 0 Å². The highest BCUT2D eigenvalue weighted by Crippen LogP contribution is 2.38. The number of nitrogens with two attached hydrogens (primary N) is 1. The number of aliphatic hydroxyl groups excluding tert-OH is 1. The van der Waals surface area contributed by atoms with E-state index in [1.54, 1.807) is 18.2 Å². The number of aryl methyl sites for hydroxylation is 1. The molecular formula is C16H17Cl2NO. The summed E-state index contributed by atoms with van der Waals surface area (Å²) in [4.78, 5) is 0. The molecular weight excluding hydrogens is 293 g/mol. The van der Waals surface area contributed by atoms with Gasteiger partial charge in [-0.15, -0.1) is 0 Å². The van der Waals surface area contributed by atoms with E-state index < -0.39 is 6.10 Å². The maximum Gasteiger partial charge on any atom is 0.0899 e. The molecule has 2 aromatic rings. The Labute approximate surface area is 129 Å². The summed E-state index contributed by atoms with van der Waals surface area (Å²) < 4.78 is 0. The van der Waals surface area contributed by atoms with Gasteiger partial charge in [-0.2, -0.15) is 0 Å². The molecule has 4 heteroatoms. The Balaban J connectivity index is 2.45. The standard InChI is InChI=1S/C16H17Cl2NO/c1-10-5-2-3-6-11(10)12(9-19)16(20)15-13(17)7-4-8-14(15)18/h2-8,12,16,20H,9,19H2,1H3. The van der Waals surface area contributed by atoms with Gasteiger partial charge in [0.05, 0.1) is 6.10 Å². The topological polar surface area (TPSA) is 46.2 Å². The molecule has 0 aromatic heterocycles. The number of hydrogen-bond donors (Lipinski definition) is 2. The van der Waals surface area contributed by atoms with Gasteiger partial charge >= 0.3 is 0 Å². The molecule has 0 radical (unpaired) electrons. The maximum atomic E-state index is 10.7. The summed E-state index contributed by atoms with van der Waals surface area (Å²) in [7, 11) is 0. The lowest BCUT2D eigenvalue weighted by molar-refractivity contribution is 0.147. The number of rotatable bonds is 4. The van der Waals surface area contributed by atoms with Crippen molar-refractivity contribution < 1.29 is 5.11 Å². The van der Waals surface area contributed by atoms with Crippen LogP contribution in [0.2, 0.25) is 10.0 Å².